The number of thiocarbonyl (C=S) groups is 1. The van der Waals surface area contributed by atoms with Gasteiger partial charge in [-0.05, 0) is 81.6 Å². The molecule has 0 fully saturated rings. The van der Waals surface area contributed by atoms with Crippen molar-refractivity contribution in [3.8, 4) is 0 Å². The summed E-state index contributed by atoms with van der Waals surface area (Å²) in [6.07, 6.45) is 0. The van der Waals surface area contributed by atoms with Crippen LogP contribution in [0.1, 0.15) is 56.0 Å². The fourth-order valence-electron chi connectivity index (χ4n) is 4.54. The van der Waals surface area contributed by atoms with Crippen molar-refractivity contribution in [1.82, 2.24) is 10.2 Å². The number of carbonyl (C=O) groups is 1. The van der Waals surface area contributed by atoms with Crippen LogP contribution in [0.2, 0.25) is 0 Å². The highest BCUT2D eigenvalue weighted by atomic mass is 32.2. The Hall–Kier alpha value is -2.91. The average molecular weight is 530 g/mol. The first kappa shape index (κ1) is 27.7. The van der Waals surface area contributed by atoms with E-state index < -0.39 is 22.0 Å². The number of sulfonamides is 1. The maximum atomic E-state index is 13.1. The number of benzene rings is 2. The molecule has 0 bridgehead atoms. The van der Waals surface area contributed by atoms with Gasteiger partial charge >= 0.3 is 5.97 Å². The highest BCUT2D eigenvalue weighted by molar-refractivity contribution is 7.92. The zero-order valence-corrected chi connectivity index (χ0v) is 23.6. The standard InChI is InChI=1S/C27H35N3O4S2/c1-8-30-20(7)23(26(31)34-15-16(2)3)24(28-27(30)35)21-9-11-22(12-10-21)29-36(32,33)25-18(5)13-17(4)14-19(25)6/h9-14,16,24,29H,8,15H2,1-7H3,(H,28,35). The van der Waals surface area contributed by atoms with Crippen LogP contribution in [0.25, 0.3) is 0 Å². The Bertz CT molecular complexity index is 1280. The number of esters is 1. The Morgan fingerprint density at radius 3 is 2.22 bits per heavy atom. The zero-order chi connectivity index (χ0) is 26.8. The molecule has 0 aromatic heterocycles. The van der Waals surface area contributed by atoms with Gasteiger partial charge in [0.15, 0.2) is 5.11 Å². The summed E-state index contributed by atoms with van der Waals surface area (Å²) in [6.45, 7) is 14.3. The summed E-state index contributed by atoms with van der Waals surface area (Å²) in [5, 5.41) is 3.78. The Morgan fingerprint density at radius 1 is 1.11 bits per heavy atom. The van der Waals surface area contributed by atoms with Gasteiger partial charge < -0.3 is 15.0 Å². The van der Waals surface area contributed by atoms with Crippen molar-refractivity contribution >= 4 is 39.0 Å². The van der Waals surface area contributed by atoms with Crippen LogP contribution in [0.4, 0.5) is 5.69 Å². The van der Waals surface area contributed by atoms with Crippen LogP contribution >= 0.6 is 12.2 Å². The number of hydrogen-bond acceptors (Lipinski definition) is 5. The van der Waals surface area contributed by atoms with Crippen molar-refractivity contribution in [3.05, 3.63) is 69.9 Å². The smallest absolute Gasteiger partial charge is 0.338 e. The van der Waals surface area contributed by atoms with Gasteiger partial charge in [0.2, 0.25) is 0 Å². The Balaban J connectivity index is 1.92. The summed E-state index contributed by atoms with van der Waals surface area (Å²) in [5.41, 5.74) is 4.84. The Kier molecular flexibility index (Phi) is 8.46. The van der Waals surface area contributed by atoms with E-state index in [1.54, 1.807) is 38.1 Å². The minimum atomic E-state index is -3.77. The van der Waals surface area contributed by atoms with Gasteiger partial charge in [-0.3, -0.25) is 4.72 Å². The molecule has 1 aliphatic heterocycles. The van der Waals surface area contributed by atoms with Crippen LogP contribution in [0.5, 0.6) is 0 Å². The van der Waals surface area contributed by atoms with Gasteiger partial charge in [-0.1, -0.05) is 43.7 Å². The van der Waals surface area contributed by atoms with Gasteiger partial charge in [0, 0.05) is 17.9 Å². The lowest BCUT2D eigenvalue weighted by Gasteiger charge is -2.37. The maximum Gasteiger partial charge on any atom is 0.338 e. The van der Waals surface area contributed by atoms with Crippen LogP contribution in [0.3, 0.4) is 0 Å². The molecule has 2 aromatic rings. The molecule has 9 heteroatoms. The lowest BCUT2D eigenvalue weighted by atomic mass is 9.95. The van der Waals surface area contributed by atoms with Crippen molar-refractivity contribution in [2.75, 3.05) is 17.9 Å². The first-order valence-corrected chi connectivity index (χ1v) is 13.9. The number of carbonyl (C=O) groups excluding carboxylic acids is 1. The molecule has 2 N–H and O–H groups in total. The molecule has 0 saturated heterocycles. The molecule has 1 atom stereocenters. The van der Waals surface area contributed by atoms with Crippen molar-refractivity contribution < 1.29 is 17.9 Å². The number of nitrogens with zero attached hydrogens (tertiary/aromatic N) is 1. The zero-order valence-electron chi connectivity index (χ0n) is 21.9. The summed E-state index contributed by atoms with van der Waals surface area (Å²) in [5.74, 6) is -0.184. The molecule has 36 heavy (non-hydrogen) atoms. The predicted octanol–water partition coefficient (Wildman–Crippen LogP) is 5.14. The summed E-state index contributed by atoms with van der Waals surface area (Å²) in [6, 6.07) is 10.2. The molecule has 1 unspecified atom stereocenters. The first-order valence-electron chi connectivity index (χ1n) is 12.0. The second-order valence-corrected chi connectivity index (χ2v) is 11.6. The number of nitrogens with one attached hydrogen (secondary N) is 2. The van der Waals surface area contributed by atoms with Crippen molar-refractivity contribution in [3.63, 3.8) is 0 Å². The molecule has 1 aliphatic rings. The molecular formula is C27H35N3O4S2. The second-order valence-electron chi connectivity index (χ2n) is 9.57. The molecule has 0 amide bonds. The fraction of sp³-hybridized carbons (Fsp3) is 0.407. The van der Waals surface area contributed by atoms with Crippen molar-refractivity contribution in [2.24, 2.45) is 5.92 Å². The van der Waals surface area contributed by atoms with Crippen LogP contribution in [0, 0.1) is 26.7 Å². The highest BCUT2D eigenvalue weighted by Crippen LogP contribution is 2.32. The molecular weight excluding hydrogens is 494 g/mol. The third kappa shape index (κ3) is 5.90. The van der Waals surface area contributed by atoms with Gasteiger partial charge in [0.05, 0.1) is 23.1 Å². The van der Waals surface area contributed by atoms with E-state index in [1.165, 1.54) is 0 Å². The lowest BCUT2D eigenvalue weighted by Crippen LogP contribution is -2.47. The van der Waals surface area contributed by atoms with Crippen molar-refractivity contribution in [2.45, 2.75) is 59.4 Å². The maximum absolute atomic E-state index is 13.1. The van der Waals surface area contributed by atoms with E-state index in [2.05, 4.69) is 10.0 Å². The molecule has 1 heterocycles. The van der Waals surface area contributed by atoms with Crippen LogP contribution in [-0.4, -0.2) is 37.6 Å². The molecule has 0 saturated carbocycles. The molecule has 0 radical (unpaired) electrons. The van der Waals surface area contributed by atoms with Gasteiger partial charge in [-0.15, -0.1) is 0 Å². The predicted molar refractivity (Wildman–Crippen MR) is 147 cm³/mol. The largest absolute Gasteiger partial charge is 0.462 e. The topological polar surface area (TPSA) is 87.7 Å². The van der Waals surface area contributed by atoms with Crippen LogP contribution < -0.4 is 10.0 Å². The average Bonchev–Trinajstić information content (AvgIpc) is 2.76. The number of hydrogen-bond donors (Lipinski definition) is 2. The molecule has 2 aromatic carbocycles. The quantitative estimate of drug-likeness (QED) is 0.362. The van der Waals surface area contributed by atoms with E-state index in [-0.39, 0.29) is 10.8 Å². The number of ether oxygens (including phenoxy) is 1. The summed E-state index contributed by atoms with van der Waals surface area (Å²) < 4.78 is 34.5. The highest BCUT2D eigenvalue weighted by Gasteiger charge is 2.34. The summed E-state index contributed by atoms with van der Waals surface area (Å²) in [4.78, 5) is 15.2. The third-order valence-electron chi connectivity index (χ3n) is 6.05. The number of rotatable bonds is 8. The number of allylic oxidation sites excluding steroid dienone is 1. The summed E-state index contributed by atoms with van der Waals surface area (Å²) >= 11 is 5.55. The normalized spacial score (nSPS) is 16.3. The number of aryl methyl sites for hydroxylation is 3. The van der Waals surface area contributed by atoms with Crippen LogP contribution in [0.15, 0.2) is 52.6 Å². The monoisotopic (exact) mass is 529 g/mol. The molecule has 194 valence electrons. The fourth-order valence-corrected chi connectivity index (χ4v) is 6.43. The van der Waals surface area contributed by atoms with Gasteiger partial charge in [-0.25, -0.2) is 13.2 Å². The van der Waals surface area contributed by atoms with Crippen molar-refractivity contribution in [1.29, 1.82) is 0 Å². The number of anilines is 1. The summed E-state index contributed by atoms with van der Waals surface area (Å²) in [7, 11) is -3.77. The minimum absolute atomic E-state index is 0.210. The van der Waals surface area contributed by atoms with E-state index in [1.807, 2.05) is 51.7 Å². The third-order valence-corrected chi connectivity index (χ3v) is 8.07. The molecule has 0 spiro atoms. The minimum Gasteiger partial charge on any atom is -0.462 e. The second kappa shape index (κ2) is 11.0. The lowest BCUT2D eigenvalue weighted by molar-refractivity contribution is -0.140. The Morgan fingerprint density at radius 2 is 1.69 bits per heavy atom. The van der Waals surface area contributed by atoms with Gasteiger partial charge in [-0.2, -0.15) is 0 Å². The van der Waals surface area contributed by atoms with Gasteiger partial charge in [0.1, 0.15) is 0 Å². The van der Waals surface area contributed by atoms with E-state index in [0.29, 0.717) is 40.7 Å². The first-order chi connectivity index (χ1) is 16.9. The molecule has 0 aliphatic carbocycles. The SMILES string of the molecule is CCN1C(=S)NC(c2ccc(NS(=O)(=O)c3c(C)cc(C)cc3C)cc2)C(C(=O)OCC(C)C)=C1C. The van der Waals surface area contributed by atoms with Crippen LogP contribution in [-0.2, 0) is 19.6 Å². The van der Waals surface area contributed by atoms with E-state index in [9.17, 15) is 13.2 Å². The van der Waals surface area contributed by atoms with E-state index in [4.69, 9.17) is 17.0 Å². The van der Waals surface area contributed by atoms with E-state index in [0.717, 1.165) is 16.8 Å². The van der Waals surface area contributed by atoms with E-state index >= 15 is 0 Å². The molecule has 7 nitrogen and oxygen atoms in total. The molecule has 3 rings (SSSR count). The van der Waals surface area contributed by atoms with Gasteiger partial charge in [0.25, 0.3) is 10.0 Å². The Labute approximate surface area is 220 Å².